The van der Waals surface area contributed by atoms with E-state index in [1.165, 1.54) is 12.8 Å². The van der Waals surface area contributed by atoms with Crippen LogP contribution in [-0.2, 0) is 16.1 Å². The summed E-state index contributed by atoms with van der Waals surface area (Å²) in [6.45, 7) is 1.48. The maximum atomic E-state index is 12.4. The largest absolute Gasteiger partial charge is 0.493 e. The molecule has 3 rings (SSSR count). The van der Waals surface area contributed by atoms with Crippen molar-refractivity contribution in [1.82, 2.24) is 5.32 Å². The van der Waals surface area contributed by atoms with Crippen LogP contribution in [-0.4, -0.2) is 37.9 Å². The number of hydrogen-bond acceptors (Lipinski definition) is 5. The summed E-state index contributed by atoms with van der Waals surface area (Å²) in [6, 6.07) is 5.79. The summed E-state index contributed by atoms with van der Waals surface area (Å²) < 4.78 is 16.8. The minimum atomic E-state index is -0.826. The Balaban J connectivity index is 0.00000243. The van der Waals surface area contributed by atoms with Gasteiger partial charge in [0.2, 0.25) is 5.91 Å². The Morgan fingerprint density at radius 1 is 1.27 bits per heavy atom. The molecular weight excluding hydrogens is 356 g/mol. The predicted octanol–water partition coefficient (Wildman–Crippen LogP) is 2.56. The standard InChI is InChI=1S/C19H28N2O4.ClH/c1-23-17-12-14(6-7-16(17)25-15-4-2-3-5-15)13-21-18(22)19(20)8-10-24-11-9-19;/h6-7,12,15H,2-5,8-11,13,20H2,1H3,(H,21,22);1H. The van der Waals surface area contributed by atoms with E-state index in [1.54, 1.807) is 7.11 Å². The van der Waals surface area contributed by atoms with Crippen molar-refractivity contribution in [3.63, 3.8) is 0 Å². The number of carbonyl (C=O) groups excluding carboxylic acids is 1. The molecule has 1 amide bonds. The molecule has 1 aliphatic heterocycles. The zero-order chi connectivity index (χ0) is 17.7. The molecule has 2 fully saturated rings. The summed E-state index contributed by atoms with van der Waals surface area (Å²) in [4.78, 5) is 12.4. The second-order valence-electron chi connectivity index (χ2n) is 6.96. The fourth-order valence-corrected chi connectivity index (χ4v) is 3.43. The SMILES string of the molecule is COc1cc(CNC(=O)C2(N)CCOCC2)ccc1OC1CCCC1.Cl. The van der Waals surface area contributed by atoms with E-state index in [4.69, 9.17) is 19.9 Å². The lowest BCUT2D eigenvalue weighted by Crippen LogP contribution is -2.56. The van der Waals surface area contributed by atoms with E-state index in [0.717, 1.165) is 24.2 Å². The zero-order valence-corrected chi connectivity index (χ0v) is 16.1. The number of ether oxygens (including phenoxy) is 3. The normalized spacial score (nSPS) is 19.5. The number of amides is 1. The van der Waals surface area contributed by atoms with Crippen molar-refractivity contribution in [3.8, 4) is 11.5 Å². The first kappa shape index (κ1) is 20.8. The van der Waals surface area contributed by atoms with Crippen molar-refractivity contribution in [2.45, 2.75) is 56.7 Å². The van der Waals surface area contributed by atoms with Gasteiger partial charge in [0.25, 0.3) is 0 Å². The van der Waals surface area contributed by atoms with Crippen LogP contribution in [0.3, 0.4) is 0 Å². The van der Waals surface area contributed by atoms with Crippen LogP contribution in [0.4, 0.5) is 0 Å². The van der Waals surface area contributed by atoms with Gasteiger partial charge in [-0.2, -0.15) is 0 Å². The number of nitrogens with one attached hydrogen (secondary N) is 1. The summed E-state index contributed by atoms with van der Waals surface area (Å²) >= 11 is 0. The Bertz CT molecular complexity index is 599. The van der Waals surface area contributed by atoms with Gasteiger partial charge in [0.05, 0.1) is 18.8 Å². The zero-order valence-electron chi connectivity index (χ0n) is 15.3. The van der Waals surface area contributed by atoms with Crippen LogP contribution in [0, 0.1) is 0 Å². The molecule has 0 unspecified atom stereocenters. The van der Waals surface area contributed by atoms with E-state index in [9.17, 15) is 4.79 Å². The number of rotatable bonds is 6. The van der Waals surface area contributed by atoms with Gasteiger partial charge in [0.1, 0.15) is 0 Å². The first-order valence-electron chi connectivity index (χ1n) is 9.09. The molecule has 1 saturated heterocycles. The van der Waals surface area contributed by atoms with E-state index in [1.807, 2.05) is 18.2 Å². The van der Waals surface area contributed by atoms with Gasteiger partial charge >= 0.3 is 0 Å². The van der Waals surface area contributed by atoms with Gasteiger partial charge in [-0.25, -0.2) is 0 Å². The number of carbonyl (C=O) groups is 1. The molecule has 2 aliphatic rings. The van der Waals surface area contributed by atoms with Gasteiger partial charge in [-0.3, -0.25) is 4.79 Å². The van der Waals surface area contributed by atoms with E-state index < -0.39 is 5.54 Å². The highest BCUT2D eigenvalue weighted by molar-refractivity contribution is 5.86. The van der Waals surface area contributed by atoms with Crippen molar-refractivity contribution >= 4 is 18.3 Å². The highest BCUT2D eigenvalue weighted by atomic mass is 35.5. The number of hydrogen-bond donors (Lipinski definition) is 2. The third-order valence-electron chi connectivity index (χ3n) is 5.11. The molecule has 0 atom stereocenters. The summed E-state index contributed by atoms with van der Waals surface area (Å²) in [5, 5.41) is 2.94. The topological polar surface area (TPSA) is 82.8 Å². The van der Waals surface area contributed by atoms with Gasteiger partial charge in [-0.15, -0.1) is 12.4 Å². The first-order chi connectivity index (χ1) is 12.1. The molecule has 3 N–H and O–H groups in total. The molecule has 1 heterocycles. The van der Waals surface area contributed by atoms with E-state index in [-0.39, 0.29) is 24.4 Å². The molecule has 0 spiro atoms. The van der Waals surface area contributed by atoms with Crippen molar-refractivity contribution in [1.29, 1.82) is 0 Å². The van der Waals surface area contributed by atoms with Gasteiger partial charge in [0.15, 0.2) is 11.5 Å². The molecule has 7 heteroatoms. The van der Waals surface area contributed by atoms with Gasteiger partial charge in [-0.05, 0) is 56.2 Å². The lowest BCUT2D eigenvalue weighted by molar-refractivity contribution is -0.129. The fraction of sp³-hybridized carbons (Fsp3) is 0.632. The van der Waals surface area contributed by atoms with Crippen molar-refractivity contribution in [2.24, 2.45) is 5.73 Å². The van der Waals surface area contributed by atoms with Gasteiger partial charge < -0.3 is 25.3 Å². The highest BCUT2D eigenvalue weighted by Gasteiger charge is 2.35. The monoisotopic (exact) mass is 384 g/mol. The Morgan fingerprint density at radius 3 is 2.62 bits per heavy atom. The number of nitrogens with two attached hydrogens (primary N) is 1. The van der Waals surface area contributed by atoms with Crippen molar-refractivity contribution in [3.05, 3.63) is 23.8 Å². The summed E-state index contributed by atoms with van der Waals surface area (Å²) in [5.74, 6) is 1.34. The predicted molar refractivity (Wildman–Crippen MR) is 102 cm³/mol. The summed E-state index contributed by atoms with van der Waals surface area (Å²) in [6.07, 6.45) is 6.04. The Kier molecular flexibility index (Phi) is 7.55. The van der Waals surface area contributed by atoms with Crippen LogP contribution >= 0.6 is 12.4 Å². The second-order valence-corrected chi connectivity index (χ2v) is 6.96. The van der Waals surface area contributed by atoms with Crippen LogP contribution in [0.5, 0.6) is 11.5 Å². The third kappa shape index (κ3) is 5.02. The minimum absolute atomic E-state index is 0. The average Bonchev–Trinajstić information content (AvgIpc) is 3.14. The molecule has 1 aromatic carbocycles. The maximum Gasteiger partial charge on any atom is 0.240 e. The van der Waals surface area contributed by atoms with Gasteiger partial charge in [-0.1, -0.05) is 6.07 Å². The second kappa shape index (κ2) is 9.44. The Hall–Kier alpha value is -1.50. The van der Waals surface area contributed by atoms with Gasteiger partial charge in [0, 0.05) is 19.8 Å². The lowest BCUT2D eigenvalue weighted by atomic mass is 9.90. The molecule has 0 bridgehead atoms. The fourth-order valence-electron chi connectivity index (χ4n) is 3.43. The molecule has 1 saturated carbocycles. The Morgan fingerprint density at radius 2 is 1.96 bits per heavy atom. The van der Waals surface area contributed by atoms with Crippen LogP contribution in [0.15, 0.2) is 18.2 Å². The number of benzene rings is 1. The van der Waals surface area contributed by atoms with E-state index >= 15 is 0 Å². The van der Waals surface area contributed by atoms with Crippen LogP contribution < -0.4 is 20.5 Å². The quantitative estimate of drug-likeness (QED) is 0.787. The van der Waals surface area contributed by atoms with Crippen LogP contribution in [0.25, 0.3) is 0 Å². The number of halogens is 1. The minimum Gasteiger partial charge on any atom is -0.493 e. The molecule has 1 aliphatic carbocycles. The molecule has 0 aromatic heterocycles. The molecule has 6 nitrogen and oxygen atoms in total. The van der Waals surface area contributed by atoms with Crippen LogP contribution in [0.2, 0.25) is 0 Å². The molecule has 146 valence electrons. The average molecular weight is 385 g/mol. The molecule has 26 heavy (non-hydrogen) atoms. The van der Waals surface area contributed by atoms with Crippen LogP contribution in [0.1, 0.15) is 44.1 Å². The number of methoxy groups -OCH3 is 1. The Labute approximate surface area is 161 Å². The van der Waals surface area contributed by atoms with E-state index in [2.05, 4.69) is 5.32 Å². The molecule has 0 radical (unpaired) electrons. The maximum absolute atomic E-state index is 12.4. The molecule has 1 aromatic rings. The lowest BCUT2D eigenvalue weighted by Gasteiger charge is -2.31. The summed E-state index contributed by atoms with van der Waals surface area (Å²) in [5.41, 5.74) is 6.33. The van der Waals surface area contributed by atoms with Crippen molar-refractivity contribution < 1.29 is 19.0 Å². The molecular formula is C19H29ClN2O4. The first-order valence-corrected chi connectivity index (χ1v) is 9.09. The van der Waals surface area contributed by atoms with Crippen molar-refractivity contribution in [2.75, 3.05) is 20.3 Å². The summed E-state index contributed by atoms with van der Waals surface area (Å²) in [7, 11) is 1.64. The third-order valence-corrected chi connectivity index (χ3v) is 5.11. The highest BCUT2D eigenvalue weighted by Crippen LogP contribution is 2.32. The smallest absolute Gasteiger partial charge is 0.240 e. The van der Waals surface area contributed by atoms with E-state index in [0.29, 0.717) is 38.3 Å².